The summed E-state index contributed by atoms with van der Waals surface area (Å²) in [6.07, 6.45) is 0. The first-order valence-electron chi connectivity index (χ1n) is 12.1. The molecule has 9 heteroatoms. The Kier molecular flexibility index (Phi) is 8.33. The molecule has 2 aromatic rings. The van der Waals surface area contributed by atoms with Gasteiger partial charge in [-0.15, -0.1) is 0 Å². The van der Waals surface area contributed by atoms with Gasteiger partial charge in [0.25, 0.3) is 5.91 Å². The maximum absolute atomic E-state index is 12.9. The van der Waals surface area contributed by atoms with Crippen molar-refractivity contribution in [2.45, 2.75) is 13.0 Å². The van der Waals surface area contributed by atoms with Gasteiger partial charge in [-0.05, 0) is 24.6 Å². The number of hydrogen-bond acceptors (Lipinski definition) is 5. The standard InChI is InChI=1S/C26H33N5O4/c1-20(21-7-3-2-4-8-21)27-25(33)22-9-5-6-10-23(22)28-24(32)19-29-11-13-30(14-12-29)26(34)31-15-17-35-18-16-31/h2-10,20H,11-19H2,1H3,(H,27,33)(H,28,32). The van der Waals surface area contributed by atoms with Crippen LogP contribution in [-0.2, 0) is 9.53 Å². The highest BCUT2D eigenvalue weighted by Gasteiger charge is 2.27. The third kappa shape index (κ3) is 6.58. The van der Waals surface area contributed by atoms with Crippen LogP contribution in [0.2, 0.25) is 0 Å². The van der Waals surface area contributed by atoms with Gasteiger partial charge in [-0.1, -0.05) is 42.5 Å². The summed E-state index contributed by atoms with van der Waals surface area (Å²) in [6, 6.07) is 16.6. The van der Waals surface area contributed by atoms with E-state index in [-0.39, 0.29) is 30.4 Å². The number of anilines is 1. The molecule has 0 aromatic heterocycles. The van der Waals surface area contributed by atoms with Gasteiger partial charge in [0, 0.05) is 39.3 Å². The van der Waals surface area contributed by atoms with Crippen LogP contribution in [0.3, 0.4) is 0 Å². The maximum atomic E-state index is 12.9. The van der Waals surface area contributed by atoms with Gasteiger partial charge < -0.3 is 25.2 Å². The van der Waals surface area contributed by atoms with Crippen molar-refractivity contribution in [3.63, 3.8) is 0 Å². The third-order valence-corrected chi connectivity index (χ3v) is 6.38. The number of carbonyl (C=O) groups excluding carboxylic acids is 3. The van der Waals surface area contributed by atoms with Crippen LogP contribution in [0.1, 0.15) is 28.9 Å². The number of nitrogens with one attached hydrogen (secondary N) is 2. The first-order valence-corrected chi connectivity index (χ1v) is 12.1. The van der Waals surface area contributed by atoms with Crippen molar-refractivity contribution in [3.8, 4) is 0 Å². The quantitative estimate of drug-likeness (QED) is 0.663. The largest absolute Gasteiger partial charge is 0.378 e. The van der Waals surface area contributed by atoms with Gasteiger partial charge in [0.15, 0.2) is 0 Å². The Morgan fingerprint density at radius 3 is 2.20 bits per heavy atom. The Morgan fingerprint density at radius 1 is 0.857 bits per heavy atom. The number of piperazine rings is 1. The van der Waals surface area contributed by atoms with E-state index in [0.717, 1.165) is 5.56 Å². The van der Waals surface area contributed by atoms with Gasteiger partial charge in [0.1, 0.15) is 0 Å². The van der Waals surface area contributed by atoms with Crippen LogP contribution in [0.4, 0.5) is 10.5 Å². The van der Waals surface area contributed by atoms with Crippen molar-refractivity contribution >= 4 is 23.5 Å². The summed E-state index contributed by atoms with van der Waals surface area (Å²) in [5, 5.41) is 5.89. The van der Waals surface area contributed by atoms with Crippen molar-refractivity contribution in [1.29, 1.82) is 0 Å². The Labute approximate surface area is 206 Å². The van der Waals surface area contributed by atoms with E-state index in [4.69, 9.17) is 4.74 Å². The number of benzene rings is 2. The molecule has 2 aliphatic heterocycles. The van der Waals surface area contributed by atoms with Gasteiger partial charge >= 0.3 is 6.03 Å². The van der Waals surface area contributed by atoms with Crippen LogP contribution in [0.25, 0.3) is 0 Å². The molecule has 1 atom stereocenters. The summed E-state index contributed by atoms with van der Waals surface area (Å²) in [6.45, 7) is 6.96. The minimum absolute atomic E-state index is 0.0436. The molecule has 9 nitrogen and oxygen atoms in total. The Balaban J connectivity index is 1.28. The topological polar surface area (TPSA) is 94.2 Å². The lowest BCUT2D eigenvalue weighted by atomic mass is 10.1. The molecular weight excluding hydrogens is 446 g/mol. The Bertz CT molecular complexity index is 1020. The third-order valence-electron chi connectivity index (χ3n) is 6.38. The average Bonchev–Trinajstić information content (AvgIpc) is 2.90. The van der Waals surface area contributed by atoms with Crippen molar-refractivity contribution in [3.05, 3.63) is 65.7 Å². The van der Waals surface area contributed by atoms with Gasteiger partial charge in [-0.25, -0.2) is 4.79 Å². The predicted octanol–water partition coefficient (Wildman–Crippen LogP) is 2.19. The van der Waals surface area contributed by atoms with Gasteiger partial charge in [-0.3, -0.25) is 14.5 Å². The number of rotatable bonds is 6. The van der Waals surface area contributed by atoms with Crippen molar-refractivity contribution < 1.29 is 19.1 Å². The predicted molar refractivity (Wildman–Crippen MR) is 133 cm³/mol. The number of urea groups is 1. The lowest BCUT2D eigenvalue weighted by molar-refractivity contribution is -0.117. The van der Waals surface area contributed by atoms with Crippen molar-refractivity contribution in [1.82, 2.24) is 20.0 Å². The first-order chi connectivity index (χ1) is 17.0. The molecule has 4 amide bonds. The van der Waals surface area contributed by atoms with Crippen LogP contribution >= 0.6 is 0 Å². The molecule has 2 fully saturated rings. The monoisotopic (exact) mass is 479 g/mol. The summed E-state index contributed by atoms with van der Waals surface area (Å²) in [4.78, 5) is 44.0. The fourth-order valence-electron chi connectivity index (χ4n) is 4.33. The molecular formula is C26H33N5O4. The number of morpholine rings is 1. The molecule has 2 aliphatic rings. The minimum Gasteiger partial charge on any atom is -0.378 e. The summed E-state index contributed by atoms with van der Waals surface area (Å²) in [7, 11) is 0. The smallest absolute Gasteiger partial charge is 0.320 e. The highest BCUT2D eigenvalue weighted by Crippen LogP contribution is 2.18. The molecule has 35 heavy (non-hydrogen) atoms. The fraction of sp³-hybridized carbons (Fsp3) is 0.423. The molecule has 2 aromatic carbocycles. The van der Waals surface area contributed by atoms with Crippen LogP contribution < -0.4 is 10.6 Å². The number of hydrogen-bond donors (Lipinski definition) is 2. The van der Waals surface area contributed by atoms with Crippen molar-refractivity contribution in [2.75, 3.05) is 64.3 Å². The summed E-state index contributed by atoms with van der Waals surface area (Å²) >= 11 is 0. The van der Waals surface area contributed by atoms with E-state index in [2.05, 4.69) is 10.6 Å². The number of nitrogens with zero attached hydrogens (tertiary/aromatic N) is 3. The lowest BCUT2D eigenvalue weighted by Crippen LogP contribution is -2.55. The zero-order valence-corrected chi connectivity index (χ0v) is 20.1. The number of ether oxygens (including phenoxy) is 1. The molecule has 2 heterocycles. The van der Waals surface area contributed by atoms with Crippen LogP contribution in [0.15, 0.2) is 54.6 Å². The second-order valence-corrected chi connectivity index (χ2v) is 8.84. The molecule has 186 valence electrons. The van der Waals surface area contributed by atoms with E-state index >= 15 is 0 Å². The van der Waals surface area contributed by atoms with E-state index in [0.29, 0.717) is 63.7 Å². The molecule has 0 saturated carbocycles. The van der Waals surface area contributed by atoms with Crippen LogP contribution in [-0.4, -0.2) is 91.6 Å². The summed E-state index contributed by atoms with van der Waals surface area (Å²) in [5.74, 6) is -0.429. The van der Waals surface area contributed by atoms with Gasteiger partial charge in [0.05, 0.1) is 37.1 Å². The fourth-order valence-corrected chi connectivity index (χ4v) is 4.33. The molecule has 0 bridgehead atoms. The van der Waals surface area contributed by atoms with Crippen LogP contribution in [0.5, 0.6) is 0 Å². The maximum Gasteiger partial charge on any atom is 0.320 e. The zero-order valence-electron chi connectivity index (χ0n) is 20.1. The second-order valence-electron chi connectivity index (χ2n) is 8.84. The first kappa shape index (κ1) is 24.7. The Hall–Kier alpha value is -3.43. The average molecular weight is 480 g/mol. The van der Waals surface area contributed by atoms with Crippen LogP contribution in [0, 0.1) is 0 Å². The summed E-state index contributed by atoms with van der Waals surface area (Å²) in [5.41, 5.74) is 1.91. The molecule has 2 N–H and O–H groups in total. The SMILES string of the molecule is CC(NC(=O)c1ccccc1NC(=O)CN1CCN(C(=O)N2CCOCC2)CC1)c1ccccc1. The molecule has 0 aliphatic carbocycles. The second kappa shape index (κ2) is 11.8. The van der Waals surface area contributed by atoms with Gasteiger partial charge in [-0.2, -0.15) is 0 Å². The Morgan fingerprint density at radius 2 is 1.49 bits per heavy atom. The molecule has 0 spiro atoms. The van der Waals surface area contributed by atoms with E-state index in [1.54, 1.807) is 24.3 Å². The highest BCUT2D eigenvalue weighted by atomic mass is 16.5. The zero-order chi connectivity index (χ0) is 24.6. The highest BCUT2D eigenvalue weighted by molar-refractivity contribution is 6.04. The molecule has 4 rings (SSSR count). The normalized spacial score (nSPS) is 17.5. The molecule has 0 radical (unpaired) electrons. The van der Waals surface area contributed by atoms with Crippen molar-refractivity contribution in [2.24, 2.45) is 0 Å². The number of para-hydroxylation sites is 1. The van der Waals surface area contributed by atoms with Gasteiger partial charge in [0.2, 0.25) is 5.91 Å². The van der Waals surface area contributed by atoms with E-state index in [1.807, 2.05) is 52.0 Å². The summed E-state index contributed by atoms with van der Waals surface area (Å²) < 4.78 is 5.32. The number of amides is 4. The minimum atomic E-state index is -0.243. The lowest BCUT2D eigenvalue weighted by Gasteiger charge is -2.38. The number of carbonyl (C=O) groups is 3. The van der Waals surface area contributed by atoms with E-state index in [9.17, 15) is 14.4 Å². The van der Waals surface area contributed by atoms with E-state index in [1.165, 1.54) is 0 Å². The molecule has 1 unspecified atom stereocenters. The molecule has 2 saturated heterocycles. The van der Waals surface area contributed by atoms with E-state index < -0.39 is 0 Å².